The van der Waals surface area contributed by atoms with Gasteiger partial charge in [0.15, 0.2) is 0 Å². The van der Waals surface area contributed by atoms with E-state index in [-0.39, 0.29) is 35.8 Å². The second-order valence-electron chi connectivity index (χ2n) is 8.77. The number of methoxy groups -OCH3 is 1. The molecular formula is C23H37N3O4. The minimum absolute atomic E-state index is 0.191. The van der Waals surface area contributed by atoms with Gasteiger partial charge in [-0.15, -0.1) is 0 Å². The number of hydrogen-bond donors (Lipinski definition) is 2. The zero-order valence-corrected chi connectivity index (χ0v) is 19.3. The maximum absolute atomic E-state index is 13.1. The first-order chi connectivity index (χ1) is 14.1. The Morgan fingerprint density at radius 1 is 0.900 bits per heavy atom. The third-order valence-electron chi connectivity index (χ3n) is 5.19. The van der Waals surface area contributed by atoms with Crippen molar-refractivity contribution in [2.45, 2.75) is 66.5 Å². The van der Waals surface area contributed by atoms with Gasteiger partial charge >= 0.3 is 5.97 Å². The first-order valence-corrected chi connectivity index (χ1v) is 10.7. The number of carbonyl (C=O) groups is 3. The fourth-order valence-corrected chi connectivity index (χ4v) is 3.38. The zero-order valence-electron chi connectivity index (χ0n) is 19.3. The molecule has 2 N–H and O–H groups in total. The number of ether oxygens (including phenoxy) is 1. The van der Waals surface area contributed by atoms with Gasteiger partial charge in [0, 0.05) is 18.3 Å². The summed E-state index contributed by atoms with van der Waals surface area (Å²) in [6, 6.07) is 4.45. The predicted molar refractivity (Wildman–Crippen MR) is 117 cm³/mol. The molecule has 0 aliphatic carbocycles. The van der Waals surface area contributed by atoms with Crippen LogP contribution in [-0.4, -0.2) is 42.0 Å². The lowest BCUT2D eigenvalue weighted by Crippen LogP contribution is -2.51. The molecule has 0 radical (unpaired) electrons. The molecule has 0 fully saturated rings. The Hall–Kier alpha value is -2.44. The Morgan fingerprint density at radius 3 is 1.93 bits per heavy atom. The molecule has 0 spiro atoms. The van der Waals surface area contributed by atoms with E-state index in [0.717, 1.165) is 0 Å². The molecule has 1 rings (SSSR count). The molecule has 0 aliphatic rings. The summed E-state index contributed by atoms with van der Waals surface area (Å²) < 4.78 is 4.86. The standard InChI is InChI=1S/C23H37N3O4/c1-14(2)12-19(26-22(28)18-10-8-9-11-24-18)16(5)21(27)25-20(13-15(3)4)17(6)23(29)30-7/h8-11,14-17,19-20H,12-13H2,1-7H3,(H,25,27)(H,26,28)/t16-,17-,19+,20+/m1/s1. The average Bonchev–Trinajstić information content (AvgIpc) is 2.70. The Balaban J connectivity index is 2.94. The van der Waals surface area contributed by atoms with E-state index in [4.69, 9.17) is 4.74 Å². The maximum Gasteiger partial charge on any atom is 0.310 e. The van der Waals surface area contributed by atoms with Gasteiger partial charge in [0.05, 0.1) is 18.9 Å². The Kier molecular flexibility index (Phi) is 10.5. The van der Waals surface area contributed by atoms with Crippen LogP contribution >= 0.6 is 0 Å². The molecule has 0 aromatic carbocycles. The number of amides is 2. The molecule has 0 saturated carbocycles. The van der Waals surface area contributed by atoms with Gasteiger partial charge in [-0.2, -0.15) is 0 Å². The van der Waals surface area contributed by atoms with Crippen LogP contribution in [0.4, 0.5) is 0 Å². The zero-order chi connectivity index (χ0) is 22.8. The highest BCUT2D eigenvalue weighted by Gasteiger charge is 2.32. The third kappa shape index (κ3) is 8.13. The number of esters is 1. The SMILES string of the molecule is COC(=O)[C@H](C)[C@H](CC(C)C)NC(=O)[C@H](C)[C@H](CC(C)C)NC(=O)c1ccccn1. The summed E-state index contributed by atoms with van der Waals surface area (Å²) in [5, 5.41) is 5.99. The van der Waals surface area contributed by atoms with E-state index in [1.165, 1.54) is 7.11 Å². The van der Waals surface area contributed by atoms with Crippen molar-refractivity contribution in [2.24, 2.45) is 23.7 Å². The van der Waals surface area contributed by atoms with Gasteiger partial charge in [-0.1, -0.05) is 40.7 Å². The van der Waals surface area contributed by atoms with Crippen LogP contribution < -0.4 is 10.6 Å². The second kappa shape index (κ2) is 12.3. The number of hydrogen-bond acceptors (Lipinski definition) is 5. The monoisotopic (exact) mass is 419 g/mol. The Labute approximate surface area is 180 Å². The fourth-order valence-electron chi connectivity index (χ4n) is 3.38. The van der Waals surface area contributed by atoms with Crippen LogP contribution in [0.15, 0.2) is 24.4 Å². The molecule has 4 atom stereocenters. The molecule has 0 aliphatic heterocycles. The lowest BCUT2D eigenvalue weighted by Gasteiger charge is -2.30. The Bertz CT molecular complexity index is 691. The number of rotatable bonds is 11. The highest BCUT2D eigenvalue weighted by atomic mass is 16.5. The summed E-state index contributed by atoms with van der Waals surface area (Å²) in [4.78, 5) is 41.8. The molecule has 2 amide bonds. The predicted octanol–water partition coefficient (Wildman–Crippen LogP) is 3.20. The van der Waals surface area contributed by atoms with Gasteiger partial charge < -0.3 is 15.4 Å². The largest absolute Gasteiger partial charge is 0.469 e. The molecule has 30 heavy (non-hydrogen) atoms. The van der Waals surface area contributed by atoms with Crippen LogP contribution in [0.5, 0.6) is 0 Å². The van der Waals surface area contributed by atoms with Crippen LogP contribution in [0.1, 0.15) is 64.9 Å². The molecule has 1 aromatic rings. The van der Waals surface area contributed by atoms with E-state index < -0.39 is 11.8 Å². The van der Waals surface area contributed by atoms with E-state index in [0.29, 0.717) is 24.5 Å². The van der Waals surface area contributed by atoms with Crippen molar-refractivity contribution < 1.29 is 19.1 Å². The average molecular weight is 420 g/mol. The lowest BCUT2D eigenvalue weighted by atomic mass is 9.89. The van der Waals surface area contributed by atoms with Crippen molar-refractivity contribution in [2.75, 3.05) is 7.11 Å². The molecule has 0 saturated heterocycles. The summed E-state index contributed by atoms with van der Waals surface area (Å²) >= 11 is 0. The van der Waals surface area contributed by atoms with Gasteiger partial charge in [-0.25, -0.2) is 0 Å². The fraction of sp³-hybridized carbons (Fsp3) is 0.652. The van der Waals surface area contributed by atoms with Crippen molar-refractivity contribution >= 4 is 17.8 Å². The van der Waals surface area contributed by atoms with Crippen LogP contribution in [0.25, 0.3) is 0 Å². The normalized spacial score (nSPS) is 15.2. The summed E-state index contributed by atoms with van der Waals surface area (Å²) in [7, 11) is 1.35. The Morgan fingerprint density at radius 2 is 1.47 bits per heavy atom. The number of nitrogens with one attached hydrogen (secondary N) is 2. The molecule has 168 valence electrons. The van der Waals surface area contributed by atoms with E-state index in [1.807, 2.05) is 27.7 Å². The topological polar surface area (TPSA) is 97.4 Å². The van der Waals surface area contributed by atoms with Gasteiger partial charge in [-0.05, 0) is 43.7 Å². The van der Waals surface area contributed by atoms with E-state index in [9.17, 15) is 14.4 Å². The molecule has 0 bridgehead atoms. The van der Waals surface area contributed by atoms with Gasteiger partial charge in [0.1, 0.15) is 5.69 Å². The molecule has 1 heterocycles. The number of carbonyl (C=O) groups excluding carboxylic acids is 3. The molecule has 1 aromatic heterocycles. The summed E-state index contributed by atoms with van der Waals surface area (Å²) in [5.41, 5.74) is 0.316. The van der Waals surface area contributed by atoms with Crippen LogP contribution in [0, 0.1) is 23.7 Å². The molecule has 7 nitrogen and oxygen atoms in total. The van der Waals surface area contributed by atoms with Crippen LogP contribution in [-0.2, 0) is 14.3 Å². The molecule has 0 unspecified atom stereocenters. The van der Waals surface area contributed by atoms with Crippen molar-refractivity contribution in [3.05, 3.63) is 30.1 Å². The van der Waals surface area contributed by atoms with E-state index >= 15 is 0 Å². The minimum atomic E-state index is -0.473. The maximum atomic E-state index is 13.1. The number of pyridine rings is 1. The lowest BCUT2D eigenvalue weighted by molar-refractivity contribution is -0.146. The quantitative estimate of drug-likeness (QED) is 0.537. The van der Waals surface area contributed by atoms with Crippen molar-refractivity contribution in [3.8, 4) is 0 Å². The first kappa shape index (κ1) is 25.6. The van der Waals surface area contributed by atoms with Crippen molar-refractivity contribution in [1.82, 2.24) is 15.6 Å². The molecule has 7 heteroatoms. The van der Waals surface area contributed by atoms with Crippen molar-refractivity contribution in [3.63, 3.8) is 0 Å². The van der Waals surface area contributed by atoms with Gasteiger partial charge in [-0.3, -0.25) is 19.4 Å². The van der Waals surface area contributed by atoms with Gasteiger partial charge in [0.2, 0.25) is 5.91 Å². The summed E-state index contributed by atoms with van der Waals surface area (Å²) in [6.07, 6.45) is 2.87. The number of aromatic nitrogens is 1. The summed E-state index contributed by atoms with van der Waals surface area (Å²) in [5.74, 6) is -1.19. The highest BCUT2D eigenvalue weighted by Crippen LogP contribution is 2.18. The second-order valence-corrected chi connectivity index (χ2v) is 8.77. The minimum Gasteiger partial charge on any atom is -0.469 e. The highest BCUT2D eigenvalue weighted by molar-refractivity contribution is 5.93. The van der Waals surface area contributed by atoms with Gasteiger partial charge in [0.25, 0.3) is 5.91 Å². The van der Waals surface area contributed by atoms with E-state index in [1.54, 1.807) is 38.2 Å². The van der Waals surface area contributed by atoms with E-state index in [2.05, 4.69) is 15.6 Å². The third-order valence-corrected chi connectivity index (χ3v) is 5.19. The smallest absolute Gasteiger partial charge is 0.310 e. The molecular weight excluding hydrogens is 382 g/mol. The number of nitrogens with zero attached hydrogens (tertiary/aromatic N) is 1. The van der Waals surface area contributed by atoms with Crippen LogP contribution in [0.2, 0.25) is 0 Å². The van der Waals surface area contributed by atoms with Crippen molar-refractivity contribution in [1.29, 1.82) is 0 Å². The van der Waals surface area contributed by atoms with Crippen LogP contribution in [0.3, 0.4) is 0 Å². The first-order valence-electron chi connectivity index (χ1n) is 10.7. The summed E-state index contributed by atoms with van der Waals surface area (Å²) in [6.45, 7) is 11.7.